The predicted molar refractivity (Wildman–Crippen MR) is 69.9 cm³/mol. The van der Waals surface area contributed by atoms with Crippen LogP contribution < -0.4 is 11.1 Å². The molecule has 1 heterocycles. The van der Waals surface area contributed by atoms with Gasteiger partial charge in [0, 0.05) is 12.1 Å². The average molecular weight is 304 g/mol. The van der Waals surface area contributed by atoms with Crippen molar-refractivity contribution in [1.82, 2.24) is 5.32 Å². The second-order valence-electron chi connectivity index (χ2n) is 4.83. The lowest BCUT2D eigenvalue weighted by molar-refractivity contribution is 0.0947. The third-order valence-corrected chi connectivity index (χ3v) is 5.06. The number of amides is 1. The molecule has 1 aliphatic heterocycles. The van der Waals surface area contributed by atoms with Crippen molar-refractivity contribution in [3.63, 3.8) is 0 Å². The Morgan fingerprint density at radius 1 is 1.35 bits per heavy atom. The predicted octanol–water partition coefficient (Wildman–Crippen LogP) is 0.712. The average Bonchev–Trinajstić information content (AvgIpc) is 2.72. The second-order valence-corrected chi connectivity index (χ2v) is 7.06. The maximum Gasteiger partial charge on any atom is 0.251 e. The Kier molecular flexibility index (Phi) is 3.94. The molecule has 1 amide bonds. The van der Waals surface area contributed by atoms with Gasteiger partial charge in [-0.25, -0.2) is 17.2 Å². The highest BCUT2D eigenvalue weighted by Gasteiger charge is 2.28. The summed E-state index contributed by atoms with van der Waals surface area (Å²) in [6, 6.07) is 1.69. The number of hydrogen-bond acceptors (Lipinski definition) is 4. The Morgan fingerprint density at radius 3 is 2.45 bits per heavy atom. The minimum absolute atomic E-state index is 0.0255. The zero-order valence-corrected chi connectivity index (χ0v) is 11.3. The quantitative estimate of drug-likeness (QED) is 0.805. The largest absolute Gasteiger partial charge is 0.394 e. The first-order valence-electron chi connectivity index (χ1n) is 6.01. The zero-order chi connectivity index (χ0) is 14.9. The van der Waals surface area contributed by atoms with Crippen molar-refractivity contribution in [2.24, 2.45) is 5.92 Å². The number of hydrogen-bond donors (Lipinski definition) is 2. The number of nitrogens with one attached hydrogen (secondary N) is 1. The summed E-state index contributed by atoms with van der Waals surface area (Å²) in [5, 5.41) is 2.48. The molecule has 1 saturated heterocycles. The molecule has 1 atom stereocenters. The Bertz CT molecular complexity index is 623. The van der Waals surface area contributed by atoms with Gasteiger partial charge in [-0.05, 0) is 24.5 Å². The van der Waals surface area contributed by atoms with Gasteiger partial charge in [-0.2, -0.15) is 0 Å². The van der Waals surface area contributed by atoms with E-state index in [-0.39, 0.29) is 29.5 Å². The lowest BCUT2D eigenvalue weighted by Crippen LogP contribution is -2.30. The highest BCUT2D eigenvalue weighted by molar-refractivity contribution is 7.91. The first kappa shape index (κ1) is 14.7. The highest BCUT2D eigenvalue weighted by atomic mass is 32.2. The van der Waals surface area contributed by atoms with Crippen LogP contribution in [0.15, 0.2) is 12.1 Å². The monoisotopic (exact) mass is 304 g/mol. The molecule has 3 N–H and O–H groups in total. The Balaban J connectivity index is 1.99. The molecule has 110 valence electrons. The minimum atomic E-state index is -3.01. The van der Waals surface area contributed by atoms with E-state index in [4.69, 9.17) is 5.73 Å². The number of sulfone groups is 1. The van der Waals surface area contributed by atoms with E-state index in [1.807, 2.05) is 0 Å². The summed E-state index contributed by atoms with van der Waals surface area (Å²) in [5.41, 5.74) is 4.29. The van der Waals surface area contributed by atoms with Crippen LogP contribution in [0.2, 0.25) is 0 Å². The number of rotatable bonds is 3. The summed E-state index contributed by atoms with van der Waals surface area (Å²) in [6.07, 6.45) is 0.479. The zero-order valence-electron chi connectivity index (χ0n) is 10.5. The van der Waals surface area contributed by atoms with Crippen molar-refractivity contribution in [1.29, 1.82) is 0 Å². The number of anilines is 1. The van der Waals surface area contributed by atoms with E-state index < -0.39 is 33.1 Å². The smallest absolute Gasteiger partial charge is 0.251 e. The van der Waals surface area contributed by atoms with Crippen LogP contribution in [0.5, 0.6) is 0 Å². The van der Waals surface area contributed by atoms with E-state index in [0.29, 0.717) is 6.42 Å². The Hall–Kier alpha value is -1.70. The molecule has 5 nitrogen and oxygen atoms in total. The highest BCUT2D eigenvalue weighted by Crippen LogP contribution is 2.19. The van der Waals surface area contributed by atoms with Gasteiger partial charge in [0.2, 0.25) is 0 Å². The van der Waals surface area contributed by atoms with Crippen molar-refractivity contribution in [3.8, 4) is 0 Å². The van der Waals surface area contributed by atoms with Gasteiger partial charge in [0.25, 0.3) is 5.91 Å². The van der Waals surface area contributed by atoms with Crippen molar-refractivity contribution in [3.05, 3.63) is 29.3 Å². The van der Waals surface area contributed by atoms with Gasteiger partial charge in [-0.15, -0.1) is 0 Å². The van der Waals surface area contributed by atoms with Crippen molar-refractivity contribution >= 4 is 21.4 Å². The first-order chi connectivity index (χ1) is 9.28. The van der Waals surface area contributed by atoms with Gasteiger partial charge in [-0.3, -0.25) is 4.79 Å². The second kappa shape index (κ2) is 5.35. The number of benzene rings is 1. The van der Waals surface area contributed by atoms with Gasteiger partial charge >= 0.3 is 0 Å². The molecule has 1 unspecified atom stereocenters. The molecule has 1 fully saturated rings. The van der Waals surface area contributed by atoms with E-state index >= 15 is 0 Å². The molecule has 0 aromatic heterocycles. The normalized spacial score (nSPS) is 20.8. The van der Waals surface area contributed by atoms with Crippen LogP contribution in [0.4, 0.5) is 14.5 Å². The summed E-state index contributed by atoms with van der Waals surface area (Å²) < 4.78 is 49.0. The van der Waals surface area contributed by atoms with E-state index in [0.717, 1.165) is 12.1 Å². The number of carbonyl (C=O) groups is 1. The lowest BCUT2D eigenvalue weighted by Gasteiger charge is -2.10. The molecule has 0 saturated carbocycles. The number of carbonyl (C=O) groups excluding carboxylic acids is 1. The molecule has 1 aromatic carbocycles. The summed E-state index contributed by atoms with van der Waals surface area (Å²) in [5.74, 6) is -2.69. The standard InChI is InChI=1S/C12H14F2N2O3S/c13-9-3-8(4-10(14)11(9)15)12(17)16-5-7-1-2-20(18,19)6-7/h3-4,7H,1-2,5-6,15H2,(H,16,17). The molecular weight excluding hydrogens is 290 g/mol. The SMILES string of the molecule is Nc1c(F)cc(C(=O)NCC2CCS(=O)(=O)C2)cc1F. The molecular formula is C12H14F2N2O3S. The maximum atomic E-state index is 13.2. The van der Waals surface area contributed by atoms with Gasteiger partial charge in [0.15, 0.2) is 9.84 Å². The van der Waals surface area contributed by atoms with E-state index in [9.17, 15) is 22.0 Å². The maximum absolute atomic E-state index is 13.2. The molecule has 2 rings (SSSR count). The Morgan fingerprint density at radius 2 is 1.95 bits per heavy atom. The molecule has 1 aliphatic rings. The van der Waals surface area contributed by atoms with Crippen molar-refractivity contribution < 1.29 is 22.0 Å². The summed E-state index contributed by atoms with van der Waals surface area (Å²) in [7, 11) is -3.01. The third kappa shape index (κ3) is 3.24. The molecule has 0 spiro atoms. The topological polar surface area (TPSA) is 89.3 Å². The van der Waals surface area contributed by atoms with E-state index in [1.165, 1.54) is 0 Å². The van der Waals surface area contributed by atoms with Crippen LogP contribution in [0.3, 0.4) is 0 Å². The molecule has 8 heteroatoms. The van der Waals surface area contributed by atoms with Gasteiger partial charge in [0.05, 0.1) is 11.5 Å². The first-order valence-corrected chi connectivity index (χ1v) is 7.84. The molecule has 20 heavy (non-hydrogen) atoms. The summed E-state index contributed by atoms with van der Waals surface area (Å²) >= 11 is 0. The van der Waals surface area contributed by atoms with Crippen LogP contribution in [0, 0.1) is 17.6 Å². The number of nitrogens with two attached hydrogens (primary N) is 1. The molecule has 0 radical (unpaired) electrons. The lowest BCUT2D eigenvalue weighted by atomic mass is 10.1. The van der Waals surface area contributed by atoms with Gasteiger partial charge in [-0.1, -0.05) is 0 Å². The summed E-state index contributed by atoms with van der Waals surface area (Å²) in [4.78, 5) is 11.7. The van der Waals surface area contributed by atoms with Crippen LogP contribution in [0.1, 0.15) is 16.8 Å². The Labute approximate surface area is 115 Å². The fourth-order valence-corrected chi connectivity index (χ4v) is 3.95. The van der Waals surface area contributed by atoms with Crippen LogP contribution in [-0.2, 0) is 9.84 Å². The van der Waals surface area contributed by atoms with E-state index in [2.05, 4.69) is 5.32 Å². The van der Waals surface area contributed by atoms with Gasteiger partial charge in [0.1, 0.15) is 17.3 Å². The molecule has 0 bridgehead atoms. The van der Waals surface area contributed by atoms with Crippen LogP contribution in [0.25, 0.3) is 0 Å². The number of nitrogen functional groups attached to an aromatic ring is 1. The van der Waals surface area contributed by atoms with E-state index in [1.54, 1.807) is 0 Å². The fraction of sp³-hybridized carbons (Fsp3) is 0.417. The fourth-order valence-electron chi connectivity index (χ4n) is 2.09. The van der Waals surface area contributed by atoms with Gasteiger partial charge < -0.3 is 11.1 Å². The van der Waals surface area contributed by atoms with Crippen molar-refractivity contribution in [2.75, 3.05) is 23.8 Å². The third-order valence-electron chi connectivity index (χ3n) is 3.22. The van der Waals surface area contributed by atoms with Crippen molar-refractivity contribution in [2.45, 2.75) is 6.42 Å². The molecule has 0 aliphatic carbocycles. The van der Waals surface area contributed by atoms with Crippen LogP contribution >= 0.6 is 0 Å². The number of halogens is 2. The minimum Gasteiger partial charge on any atom is -0.394 e. The molecule has 1 aromatic rings. The summed E-state index contributed by atoms with van der Waals surface area (Å²) in [6.45, 7) is 0.158. The van der Waals surface area contributed by atoms with Crippen LogP contribution in [-0.4, -0.2) is 32.4 Å².